The highest BCUT2D eigenvalue weighted by Gasteiger charge is 2.31. The highest BCUT2D eigenvalue weighted by molar-refractivity contribution is 7.88. The first-order valence-electron chi connectivity index (χ1n) is 7.15. The molecule has 0 bridgehead atoms. The summed E-state index contributed by atoms with van der Waals surface area (Å²) in [5.41, 5.74) is 0.317. The first-order chi connectivity index (χ1) is 9.92. The fourth-order valence-electron chi connectivity index (χ4n) is 2.67. The van der Waals surface area contributed by atoms with Crippen molar-refractivity contribution in [2.45, 2.75) is 37.6 Å². The molecule has 0 radical (unpaired) electrons. The first-order valence-corrected chi connectivity index (χ1v) is 9.05. The lowest BCUT2D eigenvalue weighted by Crippen LogP contribution is -2.49. The Balaban J connectivity index is 1.65. The van der Waals surface area contributed by atoms with Gasteiger partial charge in [-0.1, -0.05) is 5.16 Å². The number of hydrogen-bond donors (Lipinski definition) is 1. The summed E-state index contributed by atoms with van der Waals surface area (Å²) in [6.45, 7) is 0.990. The first kappa shape index (κ1) is 14.5. The Morgan fingerprint density at radius 3 is 2.86 bits per heavy atom. The molecule has 21 heavy (non-hydrogen) atoms. The van der Waals surface area contributed by atoms with Crippen LogP contribution >= 0.6 is 0 Å². The van der Waals surface area contributed by atoms with E-state index in [0.717, 1.165) is 37.7 Å². The molecule has 2 heterocycles. The van der Waals surface area contributed by atoms with E-state index in [1.54, 1.807) is 11.0 Å². The van der Waals surface area contributed by atoms with Gasteiger partial charge in [0.05, 0.1) is 6.26 Å². The number of hydrogen-bond acceptors (Lipinski definition) is 5. The predicted octanol–water partition coefficient (Wildman–Crippen LogP) is 0.706. The van der Waals surface area contributed by atoms with E-state index in [1.807, 2.05) is 0 Å². The van der Waals surface area contributed by atoms with Crippen LogP contribution in [0.2, 0.25) is 0 Å². The van der Waals surface area contributed by atoms with Gasteiger partial charge in [-0.2, -0.15) is 0 Å². The number of amides is 1. The monoisotopic (exact) mass is 313 g/mol. The highest BCUT2D eigenvalue weighted by atomic mass is 32.2. The van der Waals surface area contributed by atoms with Crippen molar-refractivity contribution < 1.29 is 17.7 Å². The molecule has 2 fully saturated rings. The lowest BCUT2D eigenvalue weighted by molar-refractivity contribution is 0.0692. The molecule has 1 amide bonds. The van der Waals surface area contributed by atoms with Crippen molar-refractivity contribution >= 4 is 15.9 Å². The van der Waals surface area contributed by atoms with Crippen LogP contribution in [0.15, 0.2) is 10.6 Å². The van der Waals surface area contributed by atoms with Crippen molar-refractivity contribution in [3.05, 3.63) is 17.5 Å². The third-order valence-corrected chi connectivity index (χ3v) is 4.58. The smallest absolute Gasteiger partial charge is 0.276 e. The van der Waals surface area contributed by atoms with Crippen molar-refractivity contribution in [1.29, 1.82) is 0 Å². The van der Waals surface area contributed by atoms with Crippen molar-refractivity contribution in [3.8, 4) is 0 Å². The minimum Gasteiger partial charge on any atom is -0.360 e. The maximum absolute atomic E-state index is 12.4. The number of rotatable bonds is 4. The van der Waals surface area contributed by atoms with E-state index in [2.05, 4.69) is 9.88 Å². The average molecular weight is 313 g/mol. The van der Waals surface area contributed by atoms with Gasteiger partial charge in [0.2, 0.25) is 10.0 Å². The Hall–Kier alpha value is -1.41. The number of carbonyl (C=O) groups excluding carboxylic acids is 1. The molecule has 1 aliphatic heterocycles. The molecular weight excluding hydrogens is 294 g/mol. The van der Waals surface area contributed by atoms with E-state index in [1.165, 1.54) is 0 Å². The third-order valence-electron chi connectivity index (χ3n) is 3.82. The molecule has 0 unspecified atom stereocenters. The van der Waals surface area contributed by atoms with Gasteiger partial charge in [0.25, 0.3) is 5.91 Å². The van der Waals surface area contributed by atoms with Gasteiger partial charge in [0.15, 0.2) is 5.69 Å². The van der Waals surface area contributed by atoms with Gasteiger partial charge < -0.3 is 9.42 Å². The zero-order valence-electron chi connectivity index (χ0n) is 11.9. The summed E-state index contributed by atoms with van der Waals surface area (Å²) >= 11 is 0. The zero-order valence-corrected chi connectivity index (χ0v) is 12.7. The summed E-state index contributed by atoms with van der Waals surface area (Å²) in [6, 6.07) is 1.49. The van der Waals surface area contributed by atoms with Gasteiger partial charge in [-0.15, -0.1) is 0 Å². The highest BCUT2D eigenvalue weighted by Crippen LogP contribution is 2.40. The molecule has 2 aliphatic rings. The second-order valence-corrected chi connectivity index (χ2v) is 7.65. The van der Waals surface area contributed by atoms with Crippen LogP contribution in [0.1, 0.15) is 47.8 Å². The van der Waals surface area contributed by atoms with Crippen molar-refractivity contribution in [1.82, 2.24) is 14.8 Å². The molecule has 1 N–H and O–H groups in total. The van der Waals surface area contributed by atoms with Crippen molar-refractivity contribution in [3.63, 3.8) is 0 Å². The number of sulfonamides is 1. The van der Waals surface area contributed by atoms with Gasteiger partial charge in [-0.05, 0) is 25.7 Å². The van der Waals surface area contributed by atoms with Gasteiger partial charge in [0, 0.05) is 31.1 Å². The largest absolute Gasteiger partial charge is 0.360 e. The summed E-state index contributed by atoms with van der Waals surface area (Å²) < 4.78 is 30.3. The molecule has 7 nitrogen and oxygen atoms in total. The topological polar surface area (TPSA) is 92.5 Å². The van der Waals surface area contributed by atoms with Crippen LogP contribution in [-0.2, 0) is 10.0 Å². The normalized spacial score (nSPS) is 23.3. The minimum absolute atomic E-state index is 0.189. The molecule has 1 saturated carbocycles. The van der Waals surface area contributed by atoms with Crippen LogP contribution < -0.4 is 4.72 Å². The van der Waals surface area contributed by atoms with E-state index in [0.29, 0.717) is 24.7 Å². The summed E-state index contributed by atoms with van der Waals surface area (Å²) in [5.74, 6) is 1.01. The molecule has 0 spiro atoms. The van der Waals surface area contributed by atoms with E-state index < -0.39 is 10.0 Å². The van der Waals surface area contributed by atoms with E-state index >= 15 is 0 Å². The average Bonchev–Trinajstić information content (AvgIpc) is 3.14. The van der Waals surface area contributed by atoms with Crippen LogP contribution in [0.4, 0.5) is 0 Å². The van der Waals surface area contributed by atoms with Crippen LogP contribution in [0.3, 0.4) is 0 Å². The van der Waals surface area contributed by atoms with Crippen molar-refractivity contribution in [2.24, 2.45) is 0 Å². The van der Waals surface area contributed by atoms with E-state index in [-0.39, 0.29) is 11.9 Å². The Morgan fingerprint density at radius 2 is 2.19 bits per heavy atom. The molecule has 1 aromatic rings. The second kappa shape index (κ2) is 5.42. The van der Waals surface area contributed by atoms with Gasteiger partial charge in [-0.25, -0.2) is 13.1 Å². The Morgan fingerprint density at radius 1 is 1.43 bits per heavy atom. The van der Waals surface area contributed by atoms with Crippen LogP contribution in [-0.4, -0.2) is 49.8 Å². The molecule has 1 saturated heterocycles. The third kappa shape index (κ3) is 3.62. The number of nitrogens with one attached hydrogen (secondary N) is 1. The summed E-state index contributed by atoms with van der Waals surface area (Å²) in [5, 5.41) is 3.85. The zero-order chi connectivity index (χ0) is 15.0. The lowest BCUT2D eigenvalue weighted by Gasteiger charge is -2.32. The minimum atomic E-state index is -3.26. The molecule has 1 aliphatic carbocycles. The predicted molar refractivity (Wildman–Crippen MR) is 75.4 cm³/mol. The molecule has 0 aromatic carbocycles. The second-order valence-electron chi connectivity index (χ2n) is 5.87. The summed E-state index contributed by atoms with van der Waals surface area (Å²) in [6.07, 6.45) is 4.82. The number of carbonyl (C=O) groups is 1. The van der Waals surface area contributed by atoms with E-state index in [4.69, 9.17) is 4.52 Å². The summed E-state index contributed by atoms with van der Waals surface area (Å²) in [7, 11) is -3.26. The number of nitrogens with zero attached hydrogens (tertiary/aromatic N) is 2. The van der Waals surface area contributed by atoms with Crippen LogP contribution in [0.5, 0.6) is 0 Å². The van der Waals surface area contributed by atoms with Gasteiger partial charge in [0.1, 0.15) is 5.76 Å². The number of aromatic nitrogens is 1. The molecule has 3 rings (SSSR count). The lowest BCUT2D eigenvalue weighted by atomic mass is 10.1. The standard InChI is InChI=1S/C13H19N3O4S/c1-21(18,19)15-10-3-2-6-16(8-10)13(17)11-7-12(20-14-11)9-4-5-9/h7,9-10,15H,2-6,8H2,1H3/t10-/m1/s1. The fourth-order valence-corrected chi connectivity index (χ4v) is 3.47. The molecule has 1 atom stereocenters. The Bertz CT molecular complexity index is 636. The molecule has 116 valence electrons. The fraction of sp³-hybridized carbons (Fsp3) is 0.692. The molecule has 8 heteroatoms. The Labute approximate surface area is 123 Å². The van der Waals surface area contributed by atoms with Gasteiger partial charge >= 0.3 is 0 Å². The van der Waals surface area contributed by atoms with Crippen molar-refractivity contribution in [2.75, 3.05) is 19.3 Å². The molecule has 1 aromatic heterocycles. The van der Waals surface area contributed by atoms with Crippen LogP contribution in [0, 0.1) is 0 Å². The quantitative estimate of drug-likeness (QED) is 0.883. The van der Waals surface area contributed by atoms with E-state index in [9.17, 15) is 13.2 Å². The molecular formula is C13H19N3O4S. The number of piperidine rings is 1. The maximum atomic E-state index is 12.4. The number of likely N-dealkylation sites (tertiary alicyclic amines) is 1. The van der Waals surface area contributed by atoms with Gasteiger partial charge in [-0.3, -0.25) is 4.79 Å². The maximum Gasteiger partial charge on any atom is 0.276 e. The summed E-state index contributed by atoms with van der Waals surface area (Å²) in [4.78, 5) is 14.0. The SMILES string of the molecule is CS(=O)(=O)N[C@@H]1CCCN(C(=O)c2cc(C3CC3)on2)C1. The van der Waals surface area contributed by atoms with Crippen LogP contribution in [0.25, 0.3) is 0 Å². The Kier molecular flexibility index (Phi) is 3.75.